The molecule has 0 saturated carbocycles. The second-order valence-electron chi connectivity index (χ2n) is 5.72. The van der Waals surface area contributed by atoms with Crippen molar-refractivity contribution in [3.8, 4) is 0 Å². The molecule has 3 nitrogen and oxygen atoms in total. The van der Waals surface area contributed by atoms with Crippen molar-refractivity contribution in [2.75, 3.05) is 26.8 Å². The molecule has 0 aliphatic carbocycles. The van der Waals surface area contributed by atoms with Gasteiger partial charge >= 0.3 is 0 Å². The number of methoxy groups -OCH3 is 1. The minimum absolute atomic E-state index is 0.124. The summed E-state index contributed by atoms with van der Waals surface area (Å²) >= 11 is 0. The smallest absolute Gasteiger partial charge is 0.224 e. The van der Waals surface area contributed by atoms with E-state index >= 15 is 0 Å². The summed E-state index contributed by atoms with van der Waals surface area (Å²) < 4.78 is 18.6. The third-order valence-corrected chi connectivity index (χ3v) is 4.17. The van der Waals surface area contributed by atoms with E-state index in [0.29, 0.717) is 18.9 Å². The molecule has 1 aromatic carbocycles. The first-order chi connectivity index (χ1) is 10.2. The largest absolute Gasteiger partial charge is 0.384 e. The van der Waals surface area contributed by atoms with Crippen LogP contribution in [0.3, 0.4) is 0 Å². The quantitative estimate of drug-likeness (QED) is 0.807. The standard InChI is InChI=1S/C17H24FNO2/c1-21-12-10-17(20)19-11-4-5-14(13-19)8-9-15-6-2-3-7-16(15)18/h2-3,6-7,14H,4-5,8-13H2,1H3/t14-/m0/s1. The van der Waals surface area contributed by atoms with Crippen LogP contribution in [0.4, 0.5) is 4.39 Å². The zero-order valence-electron chi connectivity index (χ0n) is 12.7. The summed E-state index contributed by atoms with van der Waals surface area (Å²) in [5, 5.41) is 0. The first-order valence-electron chi connectivity index (χ1n) is 7.71. The Kier molecular flexibility index (Phi) is 6.18. The lowest BCUT2D eigenvalue weighted by molar-refractivity contribution is -0.134. The fourth-order valence-corrected chi connectivity index (χ4v) is 2.94. The molecule has 0 spiro atoms. The van der Waals surface area contributed by atoms with Gasteiger partial charge in [0.1, 0.15) is 5.82 Å². The third-order valence-electron chi connectivity index (χ3n) is 4.17. The van der Waals surface area contributed by atoms with Gasteiger partial charge < -0.3 is 9.64 Å². The Bertz CT molecular complexity index is 464. The molecule has 4 heteroatoms. The second-order valence-corrected chi connectivity index (χ2v) is 5.72. The van der Waals surface area contributed by atoms with Crippen molar-refractivity contribution < 1.29 is 13.9 Å². The van der Waals surface area contributed by atoms with Crippen LogP contribution in [0.15, 0.2) is 24.3 Å². The van der Waals surface area contributed by atoms with Crippen molar-refractivity contribution in [1.82, 2.24) is 4.90 Å². The van der Waals surface area contributed by atoms with Crippen LogP contribution < -0.4 is 0 Å². The average Bonchev–Trinajstić information content (AvgIpc) is 2.52. The number of ether oxygens (including phenoxy) is 1. The van der Waals surface area contributed by atoms with Gasteiger partial charge in [-0.25, -0.2) is 4.39 Å². The van der Waals surface area contributed by atoms with E-state index in [4.69, 9.17) is 4.74 Å². The molecule has 1 atom stereocenters. The monoisotopic (exact) mass is 293 g/mol. The van der Waals surface area contributed by atoms with Crippen LogP contribution in [-0.2, 0) is 16.0 Å². The van der Waals surface area contributed by atoms with Gasteiger partial charge in [0, 0.05) is 20.2 Å². The summed E-state index contributed by atoms with van der Waals surface area (Å²) in [6, 6.07) is 6.95. The van der Waals surface area contributed by atoms with Gasteiger partial charge in [0.2, 0.25) is 5.91 Å². The lowest BCUT2D eigenvalue weighted by Crippen LogP contribution is -2.40. The number of benzene rings is 1. The molecule has 1 saturated heterocycles. The fraction of sp³-hybridized carbons (Fsp3) is 0.588. The molecule has 0 bridgehead atoms. The second kappa shape index (κ2) is 8.13. The Morgan fingerprint density at radius 1 is 1.43 bits per heavy atom. The van der Waals surface area contributed by atoms with Crippen molar-refractivity contribution in [2.45, 2.75) is 32.1 Å². The van der Waals surface area contributed by atoms with Crippen LogP contribution in [0, 0.1) is 11.7 Å². The van der Waals surface area contributed by atoms with Gasteiger partial charge in [0.25, 0.3) is 0 Å². The number of hydrogen-bond donors (Lipinski definition) is 0. The number of halogens is 1. The van der Waals surface area contributed by atoms with Gasteiger partial charge in [-0.15, -0.1) is 0 Å². The number of nitrogens with zero attached hydrogens (tertiary/aromatic N) is 1. The van der Waals surface area contributed by atoms with Crippen molar-refractivity contribution in [1.29, 1.82) is 0 Å². The van der Waals surface area contributed by atoms with Crippen LogP contribution in [-0.4, -0.2) is 37.6 Å². The first kappa shape index (κ1) is 16.0. The highest BCUT2D eigenvalue weighted by atomic mass is 19.1. The van der Waals surface area contributed by atoms with Crippen molar-refractivity contribution >= 4 is 5.91 Å². The number of likely N-dealkylation sites (tertiary alicyclic amines) is 1. The normalized spacial score (nSPS) is 18.8. The van der Waals surface area contributed by atoms with Gasteiger partial charge in [-0.1, -0.05) is 18.2 Å². The molecule has 0 radical (unpaired) electrons. The summed E-state index contributed by atoms with van der Waals surface area (Å²) in [6.45, 7) is 2.13. The molecule has 116 valence electrons. The molecule has 1 aliphatic heterocycles. The molecule has 1 heterocycles. The number of carbonyl (C=O) groups is 1. The van der Waals surface area contributed by atoms with E-state index in [1.165, 1.54) is 6.07 Å². The maximum atomic E-state index is 13.6. The van der Waals surface area contributed by atoms with Crippen molar-refractivity contribution in [3.05, 3.63) is 35.6 Å². The minimum atomic E-state index is -0.124. The van der Waals surface area contributed by atoms with Gasteiger partial charge in [-0.3, -0.25) is 4.79 Å². The zero-order valence-corrected chi connectivity index (χ0v) is 12.7. The molecule has 0 aromatic heterocycles. The number of aryl methyl sites for hydroxylation is 1. The van der Waals surface area contributed by atoms with Crippen LogP contribution in [0.1, 0.15) is 31.2 Å². The number of rotatable bonds is 6. The Hall–Kier alpha value is -1.42. The summed E-state index contributed by atoms with van der Waals surface area (Å²) in [5.41, 5.74) is 0.778. The molecule has 21 heavy (non-hydrogen) atoms. The maximum Gasteiger partial charge on any atom is 0.224 e. The Morgan fingerprint density at radius 3 is 3.00 bits per heavy atom. The van der Waals surface area contributed by atoms with Crippen LogP contribution in [0.25, 0.3) is 0 Å². The third kappa shape index (κ3) is 4.81. The predicted octanol–water partition coefficient (Wildman–Crippen LogP) is 3.03. The van der Waals surface area contributed by atoms with E-state index in [1.54, 1.807) is 13.2 Å². The molecule has 0 unspecified atom stereocenters. The molecule has 1 aromatic rings. The zero-order chi connectivity index (χ0) is 15.1. The van der Waals surface area contributed by atoms with Crippen LogP contribution in [0.5, 0.6) is 0 Å². The van der Waals surface area contributed by atoms with E-state index in [0.717, 1.165) is 44.3 Å². The van der Waals surface area contributed by atoms with Crippen LogP contribution >= 0.6 is 0 Å². The molecule has 0 N–H and O–H groups in total. The van der Waals surface area contributed by atoms with E-state index in [1.807, 2.05) is 17.0 Å². The number of piperidine rings is 1. The summed E-state index contributed by atoms with van der Waals surface area (Å²) in [6.07, 6.45) is 4.31. The Morgan fingerprint density at radius 2 is 2.24 bits per heavy atom. The van der Waals surface area contributed by atoms with Crippen molar-refractivity contribution in [2.24, 2.45) is 5.92 Å². The first-order valence-corrected chi connectivity index (χ1v) is 7.71. The topological polar surface area (TPSA) is 29.5 Å². The molecular weight excluding hydrogens is 269 g/mol. The maximum absolute atomic E-state index is 13.6. The van der Waals surface area contributed by atoms with Gasteiger partial charge in [-0.2, -0.15) is 0 Å². The molecule has 1 amide bonds. The SMILES string of the molecule is COCCC(=O)N1CCC[C@@H](CCc2ccccc2F)C1. The van der Waals surface area contributed by atoms with Gasteiger partial charge in [0.15, 0.2) is 0 Å². The fourth-order valence-electron chi connectivity index (χ4n) is 2.94. The van der Waals surface area contributed by atoms with E-state index in [-0.39, 0.29) is 11.7 Å². The summed E-state index contributed by atoms with van der Waals surface area (Å²) in [5.74, 6) is 0.527. The van der Waals surface area contributed by atoms with Crippen LogP contribution in [0.2, 0.25) is 0 Å². The Balaban J connectivity index is 1.81. The van der Waals surface area contributed by atoms with E-state index < -0.39 is 0 Å². The summed E-state index contributed by atoms with van der Waals surface area (Å²) in [4.78, 5) is 14.0. The highest BCUT2D eigenvalue weighted by Gasteiger charge is 2.23. The molecule has 1 aliphatic rings. The van der Waals surface area contributed by atoms with Crippen molar-refractivity contribution in [3.63, 3.8) is 0 Å². The Labute approximate surface area is 126 Å². The number of amides is 1. The molecular formula is C17H24FNO2. The van der Waals surface area contributed by atoms with Gasteiger partial charge in [0.05, 0.1) is 13.0 Å². The van der Waals surface area contributed by atoms with Gasteiger partial charge in [-0.05, 0) is 43.2 Å². The average molecular weight is 293 g/mol. The summed E-state index contributed by atoms with van der Waals surface area (Å²) in [7, 11) is 1.61. The minimum Gasteiger partial charge on any atom is -0.384 e. The molecule has 1 fully saturated rings. The lowest BCUT2D eigenvalue weighted by atomic mass is 9.91. The number of hydrogen-bond acceptors (Lipinski definition) is 2. The predicted molar refractivity (Wildman–Crippen MR) is 80.5 cm³/mol. The lowest BCUT2D eigenvalue weighted by Gasteiger charge is -2.33. The van der Waals surface area contributed by atoms with E-state index in [2.05, 4.69) is 0 Å². The number of carbonyl (C=O) groups excluding carboxylic acids is 1. The highest BCUT2D eigenvalue weighted by molar-refractivity contribution is 5.76. The van der Waals surface area contributed by atoms with E-state index in [9.17, 15) is 9.18 Å². The molecule has 2 rings (SSSR count). The highest BCUT2D eigenvalue weighted by Crippen LogP contribution is 2.22.